The van der Waals surface area contributed by atoms with Crippen LogP contribution in [0.2, 0.25) is 0 Å². The molecule has 0 fully saturated rings. The largest absolute Gasteiger partial charge is 0.478 e. The molecule has 0 bridgehead atoms. The maximum absolute atomic E-state index is 13.4. The number of hydrogen-bond acceptors (Lipinski definition) is 2. The van der Waals surface area contributed by atoms with Crippen molar-refractivity contribution in [2.45, 2.75) is 6.54 Å². The first kappa shape index (κ1) is 13.0. The van der Waals surface area contributed by atoms with Crippen molar-refractivity contribution in [3.63, 3.8) is 0 Å². The zero-order valence-corrected chi connectivity index (χ0v) is 9.86. The highest BCUT2D eigenvalue weighted by atomic mass is 19.1. The lowest BCUT2D eigenvalue weighted by Crippen LogP contribution is -2.05. The maximum Gasteiger partial charge on any atom is 0.335 e. The summed E-state index contributed by atoms with van der Waals surface area (Å²) in [5.41, 5.74) is 0.518. The van der Waals surface area contributed by atoms with E-state index in [0.717, 1.165) is 0 Å². The number of halogens is 2. The van der Waals surface area contributed by atoms with Crippen molar-refractivity contribution in [3.05, 3.63) is 65.2 Å². The summed E-state index contributed by atoms with van der Waals surface area (Å²) in [5.74, 6) is -2.33. The monoisotopic (exact) mass is 263 g/mol. The standard InChI is InChI=1S/C14H11F2NO2/c15-12-5-2-6-13(16)11(12)8-17-10-4-1-3-9(7-10)14(18)19/h1-7,17H,8H2,(H,18,19). The number of hydrogen-bond donors (Lipinski definition) is 2. The quantitative estimate of drug-likeness (QED) is 0.890. The van der Waals surface area contributed by atoms with Crippen LogP contribution >= 0.6 is 0 Å². The zero-order valence-electron chi connectivity index (χ0n) is 9.86. The Hall–Kier alpha value is -2.43. The van der Waals surface area contributed by atoms with Crippen molar-refractivity contribution in [3.8, 4) is 0 Å². The van der Waals surface area contributed by atoms with E-state index in [0.29, 0.717) is 5.69 Å². The summed E-state index contributed by atoms with van der Waals surface area (Å²) in [6.07, 6.45) is 0. The fourth-order valence-corrected chi connectivity index (χ4v) is 1.65. The summed E-state index contributed by atoms with van der Waals surface area (Å²) in [6.45, 7) is -0.0540. The number of carbonyl (C=O) groups is 1. The minimum absolute atomic E-state index is 0.0540. The Morgan fingerprint density at radius 3 is 2.37 bits per heavy atom. The highest BCUT2D eigenvalue weighted by Gasteiger charge is 2.08. The highest BCUT2D eigenvalue weighted by molar-refractivity contribution is 5.88. The van der Waals surface area contributed by atoms with Crippen LogP contribution in [0.4, 0.5) is 14.5 Å². The summed E-state index contributed by atoms with van der Waals surface area (Å²) in [5, 5.41) is 11.6. The van der Waals surface area contributed by atoms with Gasteiger partial charge in [0, 0.05) is 17.8 Å². The molecule has 3 nitrogen and oxygen atoms in total. The Labute approximate surface area is 108 Å². The van der Waals surface area contributed by atoms with E-state index in [2.05, 4.69) is 5.32 Å². The normalized spacial score (nSPS) is 10.2. The average Bonchev–Trinajstić information content (AvgIpc) is 2.38. The van der Waals surface area contributed by atoms with Gasteiger partial charge in [-0.3, -0.25) is 0 Å². The van der Waals surface area contributed by atoms with Crippen molar-refractivity contribution >= 4 is 11.7 Å². The van der Waals surface area contributed by atoms with Gasteiger partial charge in [-0.2, -0.15) is 0 Å². The number of rotatable bonds is 4. The number of aromatic carboxylic acids is 1. The molecule has 0 aromatic heterocycles. The lowest BCUT2D eigenvalue weighted by molar-refractivity contribution is 0.0697. The van der Waals surface area contributed by atoms with E-state index >= 15 is 0 Å². The molecule has 0 aliphatic rings. The Bertz CT molecular complexity index is 594. The van der Waals surface area contributed by atoms with Gasteiger partial charge < -0.3 is 10.4 Å². The lowest BCUT2D eigenvalue weighted by atomic mass is 10.1. The van der Waals surface area contributed by atoms with Crippen molar-refractivity contribution in [2.75, 3.05) is 5.32 Å². The molecule has 2 aromatic carbocycles. The third kappa shape index (κ3) is 3.07. The molecule has 0 unspecified atom stereocenters. The van der Waals surface area contributed by atoms with Crippen LogP contribution in [0.5, 0.6) is 0 Å². The van der Waals surface area contributed by atoms with Crippen LogP contribution in [0.15, 0.2) is 42.5 Å². The van der Waals surface area contributed by atoms with Gasteiger partial charge in [-0.25, -0.2) is 13.6 Å². The molecule has 0 spiro atoms. The molecular weight excluding hydrogens is 252 g/mol. The molecule has 0 aliphatic heterocycles. The van der Waals surface area contributed by atoms with E-state index in [1.807, 2.05) is 0 Å². The first-order chi connectivity index (χ1) is 9.08. The predicted molar refractivity (Wildman–Crippen MR) is 67.1 cm³/mol. The van der Waals surface area contributed by atoms with Gasteiger partial charge in [0.25, 0.3) is 0 Å². The van der Waals surface area contributed by atoms with Crippen LogP contribution in [-0.2, 0) is 6.54 Å². The molecule has 0 saturated heterocycles. The highest BCUT2D eigenvalue weighted by Crippen LogP contribution is 2.16. The molecule has 2 rings (SSSR count). The fourth-order valence-electron chi connectivity index (χ4n) is 1.65. The molecule has 2 N–H and O–H groups in total. The van der Waals surface area contributed by atoms with Crippen LogP contribution in [0.25, 0.3) is 0 Å². The van der Waals surface area contributed by atoms with Gasteiger partial charge in [-0.1, -0.05) is 12.1 Å². The van der Waals surface area contributed by atoms with Gasteiger partial charge in [-0.15, -0.1) is 0 Å². The minimum atomic E-state index is -1.05. The molecule has 98 valence electrons. The van der Waals surface area contributed by atoms with Crippen molar-refractivity contribution < 1.29 is 18.7 Å². The van der Waals surface area contributed by atoms with E-state index < -0.39 is 17.6 Å². The third-order valence-corrected chi connectivity index (χ3v) is 2.64. The molecule has 0 amide bonds. The summed E-state index contributed by atoms with van der Waals surface area (Å²) in [6, 6.07) is 9.67. The van der Waals surface area contributed by atoms with E-state index in [9.17, 15) is 13.6 Å². The van der Waals surface area contributed by atoms with E-state index in [1.54, 1.807) is 12.1 Å². The maximum atomic E-state index is 13.4. The minimum Gasteiger partial charge on any atom is -0.478 e. The molecule has 0 heterocycles. The van der Waals surface area contributed by atoms with E-state index in [4.69, 9.17) is 5.11 Å². The molecular formula is C14H11F2NO2. The second-order valence-corrected chi connectivity index (χ2v) is 3.94. The Morgan fingerprint density at radius 2 is 1.74 bits per heavy atom. The van der Waals surface area contributed by atoms with Gasteiger partial charge in [0.05, 0.1) is 5.56 Å². The predicted octanol–water partition coefficient (Wildman–Crippen LogP) is 3.28. The smallest absolute Gasteiger partial charge is 0.335 e. The lowest BCUT2D eigenvalue weighted by Gasteiger charge is -2.09. The van der Waals surface area contributed by atoms with Gasteiger partial charge >= 0.3 is 5.97 Å². The average molecular weight is 263 g/mol. The van der Waals surface area contributed by atoms with Crippen molar-refractivity contribution in [1.29, 1.82) is 0 Å². The Kier molecular flexibility index (Phi) is 3.75. The number of anilines is 1. The van der Waals surface area contributed by atoms with E-state index in [1.165, 1.54) is 30.3 Å². The Morgan fingerprint density at radius 1 is 1.11 bits per heavy atom. The molecule has 2 aromatic rings. The molecule has 0 atom stereocenters. The van der Waals surface area contributed by atoms with Gasteiger partial charge in [0.1, 0.15) is 11.6 Å². The van der Waals surface area contributed by atoms with E-state index in [-0.39, 0.29) is 17.7 Å². The zero-order chi connectivity index (χ0) is 13.8. The number of carboxylic acid groups (broad SMARTS) is 1. The first-order valence-corrected chi connectivity index (χ1v) is 5.58. The second-order valence-electron chi connectivity index (χ2n) is 3.94. The number of nitrogens with one attached hydrogen (secondary N) is 1. The summed E-state index contributed by atoms with van der Waals surface area (Å²) < 4.78 is 26.8. The van der Waals surface area contributed by atoms with Gasteiger partial charge in [-0.05, 0) is 30.3 Å². The van der Waals surface area contributed by atoms with Crippen molar-refractivity contribution in [1.82, 2.24) is 0 Å². The van der Waals surface area contributed by atoms with Crippen LogP contribution in [-0.4, -0.2) is 11.1 Å². The summed E-state index contributed by atoms with van der Waals surface area (Å²) >= 11 is 0. The first-order valence-electron chi connectivity index (χ1n) is 5.58. The topological polar surface area (TPSA) is 49.3 Å². The van der Waals surface area contributed by atoms with Crippen LogP contribution in [0.3, 0.4) is 0 Å². The molecule has 0 aliphatic carbocycles. The summed E-state index contributed by atoms with van der Waals surface area (Å²) in [7, 11) is 0. The SMILES string of the molecule is O=C(O)c1cccc(NCc2c(F)cccc2F)c1. The number of benzene rings is 2. The molecule has 5 heteroatoms. The van der Waals surface area contributed by atoms with Gasteiger partial charge in [0.15, 0.2) is 0 Å². The second kappa shape index (κ2) is 5.48. The van der Waals surface area contributed by atoms with Crippen LogP contribution in [0.1, 0.15) is 15.9 Å². The van der Waals surface area contributed by atoms with Crippen molar-refractivity contribution in [2.24, 2.45) is 0 Å². The van der Waals surface area contributed by atoms with Crippen LogP contribution in [0, 0.1) is 11.6 Å². The van der Waals surface area contributed by atoms with Crippen LogP contribution < -0.4 is 5.32 Å². The summed E-state index contributed by atoms with van der Waals surface area (Å²) in [4.78, 5) is 10.8. The Balaban J connectivity index is 2.15. The third-order valence-electron chi connectivity index (χ3n) is 2.64. The fraction of sp³-hybridized carbons (Fsp3) is 0.0714. The van der Waals surface area contributed by atoms with Gasteiger partial charge in [0.2, 0.25) is 0 Å². The number of carboxylic acids is 1. The molecule has 19 heavy (non-hydrogen) atoms. The molecule has 0 radical (unpaired) electrons. The molecule has 0 saturated carbocycles.